The number of hydrogen-bond donors (Lipinski definition) is 0. The number of aromatic nitrogens is 1. The van der Waals surface area contributed by atoms with Crippen LogP contribution in [0.25, 0.3) is 0 Å². The summed E-state index contributed by atoms with van der Waals surface area (Å²) in [6.07, 6.45) is 3.27. The number of carbonyl (C=O) groups excluding carboxylic acids is 1. The molecule has 0 atom stereocenters. The molecule has 1 aliphatic heterocycles. The van der Waals surface area contributed by atoms with Gasteiger partial charge in [-0.25, -0.2) is 4.98 Å². The molecule has 2 aromatic rings. The summed E-state index contributed by atoms with van der Waals surface area (Å²) in [7, 11) is 1.79. The fraction of sp³-hybridized carbons (Fsp3) is 0.389. The van der Waals surface area contributed by atoms with Gasteiger partial charge in [-0.15, -0.1) is 0 Å². The lowest BCUT2D eigenvalue weighted by molar-refractivity contribution is -0.131. The van der Waals surface area contributed by atoms with E-state index in [0.717, 1.165) is 37.8 Å². The lowest BCUT2D eigenvalue weighted by atomic mass is 10.2. The van der Waals surface area contributed by atoms with Crippen LogP contribution in [0.3, 0.4) is 0 Å². The summed E-state index contributed by atoms with van der Waals surface area (Å²) in [5, 5.41) is 8.99. The van der Waals surface area contributed by atoms with Gasteiger partial charge in [-0.3, -0.25) is 9.69 Å². The number of carbonyl (C=O) groups is 1. The Morgan fingerprint density at radius 1 is 1.36 bits per heavy atom. The van der Waals surface area contributed by atoms with Crippen molar-refractivity contribution in [1.29, 1.82) is 5.26 Å². The fourth-order valence-corrected chi connectivity index (χ4v) is 2.83. The van der Waals surface area contributed by atoms with Crippen LogP contribution in [0.2, 0.25) is 0 Å². The summed E-state index contributed by atoms with van der Waals surface area (Å²) < 4.78 is 5.28. The molecule has 0 radical (unpaired) electrons. The van der Waals surface area contributed by atoms with E-state index in [4.69, 9.17) is 9.68 Å². The van der Waals surface area contributed by atoms with Gasteiger partial charge >= 0.3 is 0 Å². The zero-order valence-corrected chi connectivity index (χ0v) is 14.3. The van der Waals surface area contributed by atoms with Crippen molar-refractivity contribution in [2.24, 2.45) is 0 Å². The van der Waals surface area contributed by atoms with Crippen molar-refractivity contribution in [3.8, 4) is 6.07 Å². The highest BCUT2D eigenvalue weighted by Crippen LogP contribution is 2.15. The van der Waals surface area contributed by atoms with Crippen molar-refractivity contribution in [3.05, 3.63) is 48.0 Å². The van der Waals surface area contributed by atoms with E-state index in [2.05, 4.69) is 20.9 Å². The van der Waals surface area contributed by atoms with Crippen molar-refractivity contribution in [2.75, 3.05) is 44.7 Å². The predicted octanol–water partition coefficient (Wildman–Crippen LogP) is 1.33. The first-order chi connectivity index (χ1) is 12.2. The van der Waals surface area contributed by atoms with Crippen molar-refractivity contribution >= 4 is 11.7 Å². The van der Waals surface area contributed by atoms with Crippen LogP contribution >= 0.6 is 0 Å². The first-order valence-corrected chi connectivity index (χ1v) is 8.25. The van der Waals surface area contributed by atoms with Gasteiger partial charge < -0.3 is 14.2 Å². The van der Waals surface area contributed by atoms with E-state index in [1.54, 1.807) is 36.5 Å². The van der Waals surface area contributed by atoms with Crippen molar-refractivity contribution < 1.29 is 9.21 Å². The number of pyridine rings is 1. The zero-order valence-electron chi connectivity index (χ0n) is 14.3. The number of nitrogens with zero attached hydrogens (tertiary/aromatic N) is 5. The third kappa shape index (κ3) is 4.37. The molecule has 0 aliphatic carbocycles. The van der Waals surface area contributed by atoms with Gasteiger partial charge in [0.05, 0.1) is 31.0 Å². The maximum absolute atomic E-state index is 12.4. The largest absolute Gasteiger partial charge is 0.467 e. The molecule has 130 valence electrons. The summed E-state index contributed by atoms with van der Waals surface area (Å²) in [4.78, 5) is 22.7. The first kappa shape index (κ1) is 17.0. The second kappa shape index (κ2) is 7.81. The predicted molar refractivity (Wildman–Crippen MR) is 92.8 cm³/mol. The lowest BCUT2D eigenvalue weighted by Crippen LogP contribution is -2.49. The van der Waals surface area contributed by atoms with Gasteiger partial charge in [0.1, 0.15) is 11.6 Å². The van der Waals surface area contributed by atoms with E-state index in [0.29, 0.717) is 18.7 Å². The number of likely N-dealkylation sites (N-methyl/N-ethyl adjacent to an activating group) is 1. The van der Waals surface area contributed by atoms with Crippen LogP contribution in [0.4, 0.5) is 5.82 Å². The van der Waals surface area contributed by atoms with Crippen LogP contribution in [-0.4, -0.2) is 60.5 Å². The standard InChI is InChI=1S/C18H21N5O2/c1-21(13-16-3-2-10-25-16)18(24)14-22-6-8-23(9-7-22)17-11-15(12-19)4-5-20-17/h2-5,10-11H,6-9,13-14H2,1H3. The maximum Gasteiger partial charge on any atom is 0.236 e. The molecular weight excluding hydrogens is 318 g/mol. The molecule has 0 spiro atoms. The van der Waals surface area contributed by atoms with Crippen molar-refractivity contribution in [1.82, 2.24) is 14.8 Å². The average Bonchev–Trinajstić information content (AvgIpc) is 3.15. The monoisotopic (exact) mass is 339 g/mol. The molecule has 0 unspecified atom stereocenters. The van der Waals surface area contributed by atoms with E-state index >= 15 is 0 Å². The molecular formula is C18H21N5O2. The number of hydrogen-bond acceptors (Lipinski definition) is 6. The quantitative estimate of drug-likeness (QED) is 0.818. The Balaban J connectivity index is 1.48. The Bertz CT molecular complexity index is 745. The number of nitriles is 1. The van der Waals surface area contributed by atoms with Gasteiger partial charge in [0.2, 0.25) is 5.91 Å². The lowest BCUT2D eigenvalue weighted by Gasteiger charge is -2.35. The van der Waals surface area contributed by atoms with Gasteiger partial charge in [-0.2, -0.15) is 5.26 Å². The highest BCUT2D eigenvalue weighted by Gasteiger charge is 2.21. The summed E-state index contributed by atoms with van der Waals surface area (Å²) >= 11 is 0. The van der Waals surface area contributed by atoms with Gasteiger partial charge in [-0.05, 0) is 24.3 Å². The first-order valence-electron chi connectivity index (χ1n) is 8.25. The van der Waals surface area contributed by atoms with Crippen LogP contribution < -0.4 is 4.90 Å². The Morgan fingerprint density at radius 2 is 2.16 bits per heavy atom. The van der Waals surface area contributed by atoms with Crippen LogP contribution in [-0.2, 0) is 11.3 Å². The Labute approximate surface area is 147 Å². The van der Waals surface area contributed by atoms with Crippen LogP contribution in [0, 0.1) is 11.3 Å². The molecule has 0 N–H and O–H groups in total. The summed E-state index contributed by atoms with van der Waals surface area (Å²) in [5.74, 6) is 1.68. The van der Waals surface area contributed by atoms with Crippen LogP contribution in [0.5, 0.6) is 0 Å². The summed E-state index contributed by atoms with van der Waals surface area (Å²) in [5.41, 5.74) is 0.613. The van der Waals surface area contributed by atoms with E-state index in [-0.39, 0.29) is 5.91 Å². The fourth-order valence-electron chi connectivity index (χ4n) is 2.83. The molecule has 0 saturated carbocycles. The minimum absolute atomic E-state index is 0.0782. The molecule has 2 aromatic heterocycles. The molecule has 0 aromatic carbocycles. The third-order valence-electron chi connectivity index (χ3n) is 4.33. The molecule has 25 heavy (non-hydrogen) atoms. The molecule has 1 aliphatic rings. The average molecular weight is 339 g/mol. The number of furan rings is 1. The second-order valence-electron chi connectivity index (χ2n) is 6.11. The van der Waals surface area contributed by atoms with Crippen LogP contribution in [0.1, 0.15) is 11.3 Å². The van der Waals surface area contributed by atoms with Gasteiger partial charge in [0, 0.05) is 39.4 Å². The molecule has 3 rings (SSSR count). The van der Waals surface area contributed by atoms with Gasteiger partial charge in [0.25, 0.3) is 0 Å². The molecule has 0 bridgehead atoms. The molecule has 1 fully saturated rings. The maximum atomic E-state index is 12.4. The molecule has 1 amide bonds. The van der Waals surface area contributed by atoms with E-state index in [1.807, 2.05) is 12.1 Å². The smallest absolute Gasteiger partial charge is 0.236 e. The highest BCUT2D eigenvalue weighted by atomic mass is 16.3. The minimum Gasteiger partial charge on any atom is -0.467 e. The minimum atomic E-state index is 0.0782. The Kier molecular flexibility index (Phi) is 5.31. The number of anilines is 1. The molecule has 7 nitrogen and oxygen atoms in total. The van der Waals surface area contributed by atoms with Crippen LogP contribution in [0.15, 0.2) is 41.1 Å². The molecule has 7 heteroatoms. The Hall–Kier alpha value is -2.85. The molecule has 3 heterocycles. The summed E-state index contributed by atoms with van der Waals surface area (Å²) in [6.45, 7) is 4.04. The molecule has 1 saturated heterocycles. The van der Waals surface area contributed by atoms with E-state index in [9.17, 15) is 4.79 Å². The topological polar surface area (TPSA) is 76.6 Å². The van der Waals surface area contributed by atoms with Crippen molar-refractivity contribution in [3.63, 3.8) is 0 Å². The number of rotatable bonds is 5. The summed E-state index contributed by atoms with van der Waals surface area (Å²) in [6, 6.07) is 9.33. The second-order valence-corrected chi connectivity index (χ2v) is 6.11. The normalized spacial score (nSPS) is 15.0. The van der Waals surface area contributed by atoms with E-state index < -0.39 is 0 Å². The number of piperazine rings is 1. The Morgan fingerprint density at radius 3 is 2.84 bits per heavy atom. The highest BCUT2D eigenvalue weighted by molar-refractivity contribution is 5.78. The van der Waals surface area contributed by atoms with Crippen molar-refractivity contribution in [2.45, 2.75) is 6.54 Å². The SMILES string of the molecule is CN(Cc1ccco1)C(=O)CN1CCN(c2cc(C#N)ccn2)CC1. The van der Waals surface area contributed by atoms with Gasteiger partial charge in [-0.1, -0.05) is 0 Å². The van der Waals surface area contributed by atoms with Gasteiger partial charge in [0.15, 0.2) is 0 Å². The zero-order chi connectivity index (χ0) is 17.6. The third-order valence-corrected chi connectivity index (χ3v) is 4.33. The number of amides is 1. The van der Waals surface area contributed by atoms with E-state index in [1.165, 1.54) is 0 Å².